The fourth-order valence-corrected chi connectivity index (χ4v) is 3.73. The van der Waals surface area contributed by atoms with Crippen LogP contribution in [0.2, 0.25) is 0 Å². The molecule has 1 aromatic carbocycles. The summed E-state index contributed by atoms with van der Waals surface area (Å²) in [4.78, 5) is 13.8. The smallest absolute Gasteiger partial charge is 0.253 e. The van der Waals surface area contributed by atoms with Crippen molar-refractivity contribution in [1.29, 1.82) is 0 Å². The molecule has 1 rings (SSSR count). The molecular weight excluding hydrogens is 438 g/mol. The van der Waals surface area contributed by atoms with Gasteiger partial charge in [-0.25, -0.2) is 0 Å². The van der Waals surface area contributed by atoms with E-state index in [0.29, 0.717) is 17.9 Å². The fraction of sp³-hybridized carbons (Fsp3) is 0.731. The number of rotatable bonds is 19. The van der Waals surface area contributed by atoms with Crippen LogP contribution in [0.5, 0.6) is 5.75 Å². The molecule has 34 heavy (non-hydrogen) atoms. The number of hydrogen-bond donors (Lipinski definition) is 5. The van der Waals surface area contributed by atoms with Crippen LogP contribution in [-0.2, 0) is 0 Å². The Labute approximate surface area is 204 Å². The number of hydrogen-bond acceptors (Lipinski definition) is 7. The van der Waals surface area contributed by atoms with Crippen LogP contribution in [0, 0.1) is 0 Å². The van der Waals surface area contributed by atoms with E-state index in [1.807, 2.05) is 0 Å². The number of aliphatic hydroxyl groups excluding tert-OH is 5. The lowest BCUT2D eigenvalue weighted by Gasteiger charge is -2.28. The Kier molecular flexibility index (Phi) is 15.8. The molecule has 0 bridgehead atoms. The number of benzene rings is 1. The first-order chi connectivity index (χ1) is 16.3. The standard InChI is InChI=1S/C26H45NO7/c1-3-4-5-6-7-8-9-10-11-12-17-34-21-15-13-20(14-16-21)26(33)27(2)18-22(29)24(31)25(32)23(30)19-28/h13-16,22-25,28-32H,3-12,17-19H2,1-2H3/t22-,23+,24+,25+/m0/s1. The molecule has 0 saturated carbocycles. The van der Waals surface area contributed by atoms with Crippen LogP contribution in [0.4, 0.5) is 0 Å². The third-order valence-corrected chi connectivity index (χ3v) is 6.00. The van der Waals surface area contributed by atoms with E-state index in [2.05, 4.69) is 6.92 Å². The van der Waals surface area contributed by atoms with Gasteiger partial charge in [0.1, 0.15) is 30.2 Å². The van der Waals surface area contributed by atoms with Crippen LogP contribution in [0.1, 0.15) is 81.5 Å². The zero-order chi connectivity index (χ0) is 25.3. The van der Waals surface area contributed by atoms with E-state index in [0.717, 1.165) is 12.8 Å². The van der Waals surface area contributed by atoms with Crippen molar-refractivity contribution < 1.29 is 35.1 Å². The van der Waals surface area contributed by atoms with Crippen molar-refractivity contribution in [3.05, 3.63) is 29.8 Å². The summed E-state index contributed by atoms with van der Waals surface area (Å²) in [6.45, 7) is 1.86. The number of ether oxygens (including phenoxy) is 1. The lowest BCUT2D eigenvalue weighted by molar-refractivity contribution is -0.117. The van der Waals surface area contributed by atoms with E-state index in [9.17, 15) is 25.2 Å². The van der Waals surface area contributed by atoms with Gasteiger partial charge in [-0.05, 0) is 30.7 Å². The van der Waals surface area contributed by atoms with Crippen LogP contribution in [-0.4, -0.2) is 87.6 Å². The molecule has 5 N–H and O–H groups in total. The SMILES string of the molecule is CCCCCCCCCCCCOc1ccc(C(=O)N(C)C[C@H](O)[C@@H](O)[C@H](O)[C@H](O)CO)cc1. The predicted octanol–water partition coefficient (Wildman–Crippen LogP) is 2.49. The topological polar surface area (TPSA) is 131 Å². The van der Waals surface area contributed by atoms with Crippen molar-refractivity contribution in [2.45, 2.75) is 95.5 Å². The molecule has 1 aromatic rings. The summed E-state index contributed by atoms with van der Waals surface area (Å²) >= 11 is 0. The molecule has 0 aliphatic carbocycles. The Morgan fingerprint density at radius 3 is 1.85 bits per heavy atom. The highest BCUT2D eigenvalue weighted by Crippen LogP contribution is 2.16. The summed E-state index contributed by atoms with van der Waals surface area (Å²) in [5, 5.41) is 47.9. The highest BCUT2D eigenvalue weighted by atomic mass is 16.5. The second-order valence-corrected chi connectivity index (χ2v) is 9.04. The van der Waals surface area contributed by atoms with E-state index in [1.54, 1.807) is 24.3 Å². The van der Waals surface area contributed by atoms with Crippen LogP contribution >= 0.6 is 0 Å². The molecule has 1 amide bonds. The van der Waals surface area contributed by atoms with Crippen LogP contribution in [0.15, 0.2) is 24.3 Å². The van der Waals surface area contributed by atoms with E-state index < -0.39 is 31.0 Å². The number of likely N-dealkylation sites (N-methyl/N-ethyl adjacent to an activating group) is 1. The summed E-state index contributed by atoms with van der Waals surface area (Å²) < 4.78 is 5.76. The number of carbonyl (C=O) groups is 1. The van der Waals surface area contributed by atoms with Gasteiger partial charge < -0.3 is 35.2 Å². The predicted molar refractivity (Wildman–Crippen MR) is 132 cm³/mol. The van der Waals surface area contributed by atoms with E-state index in [1.165, 1.54) is 63.3 Å². The zero-order valence-corrected chi connectivity index (χ0v) is 20.8. The Morgan fingerprint density at radius 2 is 1.32 bits per heavy atom. The molecular formula is C26H45NO7. The minimum Gasteiger partial charge on any atom is -0.494 e. The second kappa shape index (κ2) is 17.7. The van der Waals surface area contributed by atoms with Gasteiger partial charge in [0.25, 0.3) is 5.91 Å². The zero-order valence-electron chi connectivity index (χ0n) is 20.8. The highest BCUT2D eigenvalue weighted by Gasteiger charge is 2.31. The monoisotopic (exact) mass is 483 g/mol. The molecule has 0 aliphatic heterocycles. The maximum atomic E-state index is 12.6. The van der Waals surface area contributed by atoms with Gasteiger partial charge >= 0.3 is 0 Å². The molecule has 0 aliphatic rings. The third kappa shape index (κ3) is 11.6. The minimum absolute atomic E-state index is 0.258. The van der Waals surface area contributed by atoms with Crippen molar-refractivity contribution in [2.75, 3.05) is 26.8 Å². The molecule has 0 radical (unpaired) electrons. The van der Waals surface area contributed by atoms with Crippen molar-refractivity contribution in [1.82, 2.24) is 4.90 Å². The molecule has 0 unspecified atom stereocenters. The van der Waals surface area contributed by atoms with Gasteiger partial charge in [0.15, 0.2) is 0 Å². The largest absolute Gasteiger partial charge is 0.494 e. The van der Waals surface area contributed by atoms with Crippen LogP contribution < -0.4 is 4.74 Å². The Bertz CT molecular complexity index is 655. The molecule has 4 atom stereocenters. The van der Waals surface area contributed by atoms with E-state index in [-0.39, 0.29) is 12.5 Å². The molecule has 0 saturated heterocycles. The number of carbonyl (C=O) groups excluding carboxylic acids is 1. The number of nitrogens with zero attached hydrogens (tertiary/aromatic N) is 1. The Morgan fingerprint density at radius 1 is 0.824 bits per heavy atom. The summed E-state index contributed by atoms with van der Waals surface area (Å²) in [6, 6.07) is 6.73. The molecule has 8 nitrogen and oxygen atoms in total. The molecule has 0 aromatic heterocycles. The molecule has 0 heterocycles. The third-order valence-electron chi connectivity index (χ3n) is 6.00. The van der Waals surface area contributed by atoms with Gasteiger partial charge in [-0.1, -0.05) is 64.7 Å². The summed E-state index contributed by atoms with van der Waals surface area (Å²) in [5.74, 6) is 0.316. The number of unbranched alkanes of at least 4 members (excludes halogenated alkanes) is 9. The maximum absolute atomic E-state index is 12.6. The Balaban J connectivity index is 2.29. The minimum atomic E-state index is -1.73. The molecule has 196 valence electrons. The van der Waals surface area contributed by atoms with Crippen LogP contribution in [0.25, 0.3) is 0 Å². The molecule has 0 spiro atoms. The molecule has 8 heteroatoms. The van der Waals surface area contributed by atoms with Crippen molar-refractivity contribution >= 4 is 5.91 Å². The average molecular weight is 484 g/mol. The van der Waals surface area contributed by atoms with Gasteiger partial charge in [-0.3, -0.25) is 4.79 Å². The lowest BCUT2D eigenvalue weighted by atomic mass is 10.0. The van der Waals surface area contributed by atoms with Gasteiger partial charge in [-0.15, -0.1) is 0 Å². The van der Waals surface area contributed by atoms with Gasteiger partial charge in [0.2, 0.25) is 0 Å². The highest BCUT2D eigenvalue weighted by molar-refractivity contribution is 5.94. The first-order valence-corrected chi connectivity index (χ1v) is 12.6. The number of amides is 1. The average Bonchev–Trinajstić information content (AvgIpc) is 2.85. The van der Waals surface area contributed by atoms with E-state index in [4.69, 9.17) is 9.84 Å². The van der Waals surface area contributed by atoms with Gasteiger partial charge in [0, 0.05) is 19.2 Å². The first-order valence-electron chi connectivity index (χ1n) is 12.6. The first kappa shape index (κ1) is 30.3. The lowest BCUT2D eigenvalue weighted by Crippen LogP contribution is -2.49. The van der Waals surface area contributed by atoms with Gasteiger partial charge in [-0.2, -0.15) is 0 Å². The summed E-state index contributed by atoms with van der Waals surface area (Å²) in [5.41, 5.74) is 0.395. The molecule has 0 fully saturated rings. The van der Waals surface area contributed by atoms with Gasteiger partial charge in [0.05, 0.1) is 13.2 Å². The normalized spacial score (nSPS) is 14.9. The van der Waals surface area contributed by atoms with Crippen molar-refractivity contribution in [3.8, 4) is 5.75 Å². The van der Waals surface area contributed by atoms with Crippen LogP contribution in [0.3, 0.4) is 0 Å². The summed E-state index contributed by atoms with van der Waals surface area (Å²) in [7, 11) is 1.46. The Hall–Kier alpha value is -1.71. The maximum Gasteiger partial charge on any atom is 0.253 e. The quantitative estimate of drug-likeness (QED) is 0.191. The van der Waals surface area contributed by atoms with Crippen molar-refractivity contribution in [3.63, 3.8) is 0 Å². The summed E-state index contributed by atoms with van der Waals surface area (Å²) in [6.07, 6.45) is 6.14. The fourth-order valence-electron chi connectivity index (χ4n) is 3.73. The number of aliphatic hydroxyl groups is 5. The van der Waals surface area contributed by atoms with Crippen molar-refractivity contribution in [2.24, 2.45) is 0 Å². The van der Waals surface area contributed by atoms with E-state index >= 15 is 0 Å². The second-order valence-electron chi connectivity index (χ2n) is 9.04.